The van der Waals surface area contributed by atoms with E-state index in [0.717, 1.165) is 32.9 Å². The van der Waals surface area contributed by atoms with Crippen LogP contribution in [0.15, 0.2) is 97.2 Å². The lowest BCUT2D eigenvalue weighted by molar-refractivity contribution is -0.147. The summed E-state index contributed by atoms with van der Waals surface area (Å²) < 4.78 is 13.0. The van der Waals surface area contributed by atoms with Crippen molar-refractivity contribution in [1.82, 2.24) is 14.9 Å². The van der Waals surface area contributed by atoms with E-state index in [-0.39, 0.29) is 12.3 Å². The fourth-order valence-electron chi connectivity index (χ4n) is 4.44. The Kier molecular flexibility index (Phi) is 7.23. The highest BCUT2D eigenvalue weighted by Crippen LogP contribution is 2.29. The minimum absolute atomic E-state index is 0.129. The fourth-order valence-corrected chi connectivity index (χ4v) is 4.44. The van der Waals surface area contributed by atoms with Gasteiger partial charge in [-0.2, -0.15) is 0 Å². The molecule has 1 N–H and O–H groups in total. The molecule has 5 aromatic rings. The number of esters is 1. The van der Waals surface area contributed by atoms with Gasteiger partial charge in [0.1, 0.15) is 25.1 Å². The maximum atomic E-state index is 13.3. The summed E-state index contributed by atoms with van der Waals surface area (Å²) >= 11 is 0. The normalized spacial score (nSPS) is 11.9. The number of para-hydroxylation sites is 1. The summed E-state index contributed by atoms with van der Waals surface area (Å²) in [7, 11) is 1.64. The maximum absolute atomic E-state index is 13.3. The molecule has 37 heavy (non-hydrogen) atoms. The zero-order valence-corrected chi connectivity index (χ0v) is 20.5. The fraction of sp³-hybridized carbons (Fsp3) is 0.167. The van der Waals surface area contributed by atoms with E-state index in [0.29, 0.717) is 13.2 Å². The van der Waals surface area contributed by atoms with Gasteiger partial charge in [0.25, 0.3) is 5.91 Å². The maximum Gasteiger partial charge on any atom is 0.329 e. The Bertz CT molecular complexity index is 1530. The van der Waals surface area contributed by atoms with Gasteiger partial charge in [-0.25, -0.2) is 9.78 Å². The summed E-state index contributed by atoms with van der Waals surface area (Å²) in [5, 5.41) is 4.74. The number of carbonyl (C=O) groups excluding carboxylic acids is 2. The zero-order valence-electron chi connectivity index (χ0n) is 20.5. The van der Waals surface area contributed by atoms with Gasteiger partial charge in [0.05, 0.1) is 17.2 Å². The number of hydrogen-bond donors (Lipinski definition) is 1. The number of nitrogens with zero attached hydrogens (tertiary/aromatic N) is 2. The first-order valence-electron chi connectivity index (χ1n) is 12.1. The van der Waals surface area contributed by atoms with Gasteiger partial charge < -0.3 is 19.4 Å². The quantitative estimate of drug-likeness (QED) is 0.296. The molecule has 0 aliphatic rings. The zero-order chi connectivity index (χ0) is 25.6. The number of aromatic nitrogens is 2. The van der Waals surface area contributed by atoms with Gasteiger partial charge in [0.2, 0.25) is 0 Å². The molecule has 0 spiro atoms. The Morgan fingerprint density at radius 2 is 1.54 bits per heavy atom. The summed E-state index contributed by atoms with van der Waals surface area (Å²) in [6, 6.07) is 27.8. The molecule has 2 aromatic heterocycles. The minimum atomic E-state index is -0.869. The molecule has 0 aliphatic heterocycles. The predicted octanol–water partition coefficient (Wildman–Crippen LogP) is 4.88. The predicted molar refractivity (Wildman–Crippen MR) is 142 cm³/mol. The number of amides is 1. The second-order valence-corrected chi connectivity index (χ2v) is 8.76. The molecule has 0 unspecified atom stereocenters. The summed E-state index contributed by atoms with van der Waals surface area (Å²) in [6.45, 7) is 0.494. The number of methoxy groups -OCH3 is 1. The van der Waals surface area contributed by atoms with Crippen LogP contribution in [0.5, 0.6) is 0 Å². The van der Waals surface area contributed by atoms with Gasteiger partial charge >= 0.3 is 5.97 Å². The highest BCUT2D eigenvalue weighted by Gasteiger charge is 2.25. The van der Waals surface area contributed by atoms with E-state index in [1.807, 2.05) is 89.5 Å². The third-order valence-corrected chi connectivity index (χ3v) is 6.25. The molecule has 0 radical (unpaired) electrons. The van der Waals surface area contributed by atoms with Crippen molar-refractivity contribution in [2.45, 2.75) is 25.8 Å². The molecule has 0 bridgehead atoms. The third kappa shape index (κ3) is 5.37. The van der Waals surface area contributed by atoms with Crippen LogP contribution in [0.2, 0.25) is 0 Å². The number of carbonyl (C=O) groups is 2. The van der Waals surface area contributed by atoms with E-state index in [9.17, 15) is 9.59 Å². The standard InChI is InChI=1S/C30H27N3O4/c1-36-20-33-27-15-9-8-14-23(27)24-17-25(31-18-28(24)33)29(34)32-26(16-21-10-4-2-5-11-21)30(35)37-19-22-12-6-3-7-13-22/h2-15,17-18,26H,16,19-20H2,1H3,(H,32,34)/t26-/m0/s1. The van der Waals surface area contributed by atoms with E-state index < -0.39 is 17.9 Å². The molecule has 2 heterocycles. The van der Waals surface area contributed by atoms with Crippen LogP contribution in [0.4, 0.5) is 0 Å². The smallest absolute Gasteiger partial charge is 0.329 e. The average Bonchev–Trinajstić information content (AvgIpc) is 3.25. The molecular formula is C30H27N3O4. The van der Waals surface area contributed by atoms with Crippen LogP contribution in [-0.2, 0) is 34.0 Å². The minimum Gasteiger partial charge on any atom is -0.459 e. The van der Waals surface area contributed by atoms with Crippen LogP contribution < -0.4 is 5.32 Å². The Hall–Kier alpha value is -4.49. The van der Waals surface area contributed by atoms with Gasteiger partial charge in [-0.15, -0.1) is 0 Å². The number of ether oxygens (including phenoxy) is 2. The molecule has 7 nitrogen and oxygen atoms in total. The average molecular weight is 494 g/mol. The second-order valence-electron chi connectivity index (χ2n) is 8.76. The molecule has 1 amide bonds. The first kappa shape index (κ1) is 24.2. The van der Waals surface area contributed by atoms with Gasteiger partial charge in [0.15, 0.2) is 0 Å². The highest BCUT2D eigenvalue weighted by atomic mass is 16.5. The van der Waals surface area contributed by atoms with Crippen LogP contribution in [-0.4, -0.2) is 34.6 Å². The number of rotatable bonds is 9. The Balaban J connectivity index is 1.41. The first-order valence-corrected chi connectivity index (χ1v) is 12.1. The molecule has 0 aliphatic carbocycles. The van der Waals surface area contributed by atoms with Crippen molar-refractivity contribution in [3.05, 3.63) is 114 Å². The van der Waals surface area contributed by atoms with E-state index >= 15 is 0 Å². The van der Waals surface area contributed by atoms with Crippen LogP contribution in [0, 0.1) is 0 Å². The van der Waals surface area contributed by atoms with E-state index in [1.165, 1.54) is 0 Å². The molecule has 3 aromatic carbocycles. The number of pyridine rings is 1. The number of hydrogen-bond acceptors (Lipinski definition) is 5. The van der Waals surface area contributed by atoms with Gasteiger partial charge in [-0.1, -0.05) is 78.9 Å². The molecule has 0 fully saturated rings. The van der Waals surface area contributed by atoms with Gasteiger partial charge in [-0.3, -0.25) is 4.79 Å². The van der Waals surface area contributed by atoms with Crippen molar-refractivity contribution in [3.63, 3.8) is 0 Å². The monoisotopic (exact) mass is 493 g/mol. The van der Waals surface area contributed by atoms with Crippen LogP contribution in [0.3, 0.4) is 0 Å². The lowest BCUT2D eigenvalue weighted by atomic mass is 10.1. The summed E-state index contributed by atoms with van der Waals surface area (Å²) in [5.41, 5.74) is 3.87. The molecule has 5 rings (SSSR count). The lowest BCUT2D eigenvalue weighted by Gasteiger charge is -2.18. The molecule has 0 saturated heterocycles. The van der Waals surface area contributed by atoms with Crippen molar-refractivity contribution in [1.29, 1.82) is 0 Å². The lowest BCUT2D eigenvalue weighted by Crippen LogP contribution is -2.43. The van der Waals surface area contributed by atoms with Gasteiger partial charge in [-0.05, 0) is 23.3 Å². The highest BCUT2D eigenvalue weighted by molar-refractivity contribution is 6.10. The third-order valence-electron chi connectivity index (χ3n) is 6.25. The van der Waals surface area contributed by atoms with Crippen LogP contribution in [0.1, 0.15) is 21.6 Å². The summed E-state index contributed by atoms with van der Waals surface area (Å²) in [6.07, 6.45) is 1.97. The first-order chi connectivity index (χ1) is 18.1. The summed E-state index contributed by atoms with van der Waals surface area (Å²) in [4.78, 5) is 30.8. The van der Waals surface area contributed by atoms with Crippen LogP contribution in [0.25, 0.3) is 21.8 Å². The van der Waals surface area contributed by atoms with Crippen molar-refractivity contribution in [2.24, 2.45) is 0 Å². The Morgan fingerprint density at radius 1 is 0.865 bits per heavy atom. The molecular weight excluding hydrogens is 466 g/mol. The van der Waals surface area contributed by atoms with E-state index in [2.05, 4.69) is 10.3 Å². The molecule has 1 atom stereocenters. The Labute approximate surface area is 214 Å². The number of benzene rings is 3. The molecule has 186 valence electrons. The topological polar surface area (TPSA) is 82.5 Å². The second kappa shape index (κ2) is 11.1. The van der Waals surface area contributed by atoms with Crippen molar-refractivity contribution in [3.8, 4) is 0 Å². The van der Waals surface area contributed by atoms with E-state index in [1.54, 1.807) is 19.4 Å². The molecule has 7 heteroatoms. The number of fused-ring (bicyclic) bond motifs is 3. The number of nitrogens with one attached hydrogen (secondary N) is 1. The van der Waals surface area contributed by atoms with Crippen molar-refractivity contribution < 1.29 is 19.1 Å². The SMILES string of the molecule is COCn1c2ccccc2c2cc(C(=O)N[C@@H](Cc3ccccc3)C(=O)OCc3ccccc3)ncc21. The van der Waals surface area contributed by atoms with E-state index in [4.69, 9.17) is 9.47 Å². The largest absolute Gasteiger partial charge is 0.459 e. The van der Waals surface area contributed by atoms with Gasteiger partial charge in [0, 0.05) is 24.3 Å². The van der Waals surface area contributed by atoms with Crippen molar-refractivity contribution in [2.75, 3.05) is 7.11 Å². The summed E-state index contributed by atoms with van der Waals surface area (Å²) in [5.74, 6) is -0.943. The molecule has 0 saturated carbocycles. The van der Waals surface area contributed by atoms with Crippen molar-refractivity contribution >= 4 is 33.7 Å². The van der Waals surface area contributed by atoms with Crippen LogP contribution >= 0.6 is 0 Å². The Morgan fingerprint density at radius 3 is 2.27 bits per heavy atom.